The fraction of sp³-hybridized carbons (Fsp3) is 0.0222. The molecule has 0 saturated carbocycles. The molecule has 0 fully saturated rings. The average molecular weight is 587 g/mol. The number of hydrogen-bond donors (Lipinski definition) is 0. The SMILES string of the molecule is C(=C\c1c2ccccc2c(-c2ccccc2)c2c1ccc1ccccc12)/Cc1ccccc1-c1cccc2c1oc1ccccc12. The summed E-state index contributed by atoms with van der Waals surface area (Å²) in [6.45, 7) is 0. The number of benzene rings is 8. The quantitative estimate of drug-likeness (QED) is 0.144. The van der Waals surface area contributed by atoms with Crippen LogP contribution in [0.25, 0.3) is 82.6 Å². The van der Waals surface area contributed by atoms with E-state index in [0.29, 0.717) is 0 Å². The van der Waals surface area contributed by atoms with Gasteiger partial charge in [-0.25, -0.2) is 0 Å². The van der Waals surface area contributed by atoms with E-state index in [-0.39, 0.29) is 0 Å². The summed E-state index contributed by atoms with van der Waals surface area (Å²) in [5.41, 5.74) is 9.27. The maximum absolute atomic E-state index is 6.43. The van der Waals surface area contributed by atoms with Gasteiger partial charge in [0.05, 0.1) is 0 Å². The highest BCUT2D eigenvalue weighted by Crippen LogP contribution is 2.43. The van der Waals surface area contributed by atoms with Gasteiger partial charge in [-0.05, 0) is 72.6 Å². The van der Waals surface area contributed by atoms with Crippen molar-refractivity contribution < 1.29 is 4.42 Å². The molecule has 9 aromatic rings. The lowest BCUT2D eigenvalue weighted by Crippen LogP contribution is -1.92. The van der Waals surface area contributed by atoms with Crippen LogP contribution in [0.1, 0.15) is 11.1 Å². The third-order valence-corrected chi connectivity index (χ3v) is 9.35. The first kappa shape index (κ1) is 26.5. The number of hydrogen-bond acceptors (Lipinski definition) is 1. The second kappa shape index (κ2) is 10.9. The monoisotopic (exact) mass is 586 g/mol. The van der Waals surface area contributed by atoms with Crippen LogP contribution in [0.5, 0.6) is 0 Å². The molecule has 46 heavy (non-hydrogen) atoms. The highest BCUT2D eigenvalue weighted by atomic mass is 16.3. The fourth-order valence-electron chi connectivity index (χ4n) is 7.29. The van der Waals surface area contributed by atoms with Gasteiger partial charge in [-0.15, -0.1) is 0 Å². The maximum atomic E-state index is 6.43. The van der Waals surface area contributed by atoms with Gasteiger partial charge in [0.15, 0.2) is 0 Å². The van der Waals surface area contributed by atoms with Crippen LogP contribution in [-0.4, -0.2) is 0 Å². The Bertz CT molecular complexity index is 2600. The van der Waals surface area contributed by atoms with E-state index in [9.17, 15) is 0 Å². The molecule has 0 spiro atoms. The Morgan fingerprint density at radius 3 is 2.02 bits per heavy atom. The maximum Gasteiger partial charge on any atom is 0.143 e. The summed E-state index contributed by atoms with van der Waals surface area (Å²) >= 11 is 0. The van der Waals surface area contributed by atoms with Gasteiger partial charge in [0.25, 0.3) is 0 Å². The van der Waals surface area contributed by atoms with Gasteiger partial charge in [-0.1, -0.05) is 164 Å². The molecule has 216 valence electrons. The summed E-state index contributed by atoms with van der Waals surface area (Å²) in [4.78, 5) is 0. The number of para-hydroxylation sites is 2. The van der Waals surface area contributed by atoms with E-state index >= 15 is 0 Å². The average Bonchev–Trinajstić information content (AvgIpc) is 3.51. The lowest BCUT2D eigenvalue weighted by atomic mass is 9.86. The van der Waals surface area contributed by atoms with Gasteiger partial charge < -0.3 is 4.42 Å². The van der Waals surface area contributed by atoms with Crippen LogP contribution < -0.4 is 0 Å². The summed E-state index contributed by atoms with van der Waals surface area (Å²) < 4.78 is 6.43. The van der Waals surface area contributed by atoms with Crippen LogP contribution >= 0.6 is 0 Å². The predicted octanol–water partition coefficient (Wildman–Crippen LogP) is 12.6. The molecule has 0 atom stereocenters. The Labute approximate surface area is 267 Å². The van der Waals surface area contributed by atoms with E-state index in [1.807, 2.05) is 6.07 Å². The van der Waals surface area contributed by atoms with Crippen LogP contribution in [0.3, 0.4) is 0 Å². The molecule has 0 unspecified atom stereocenters. The third-order valence-electron chi connectivity index (χ3n) is 9.35. The van der Waals surface area contributed by atoms with Crippen LogP contribution in [-0.2, 0) is 6.42 Å². The second-order valence-electron chi connectivity index (χ2n) is 12.0. The van der Waals surface area contributed by atoms with Crippen molar-refractivity contribution in [3.05, 3.63) is 175 Å². The van der Waals surface area contributed by atoms with Gasteiger partial charge in [0.1, 0.15) is 11.2 Å². The van der Waals surface area contributed by atoms with E-state index in [0.717, 1.165) is 33.9 Å². The molecular formula is C45H30O. The number of allylic oxidation sites excluding steroid dienone is 1. The molecule has 0 N–H and O–H groups in total. The van der Waals surface area contributed by atoms with Crippen LogP contribution in [0.15, 0.2) is 168 Å². The molecule has 0 radical (unpaired) electrons. The van der Waals surface area contributed by atoms with Gasteiger partial charge in [0, 0.05) is 16.3 Å². The number of fused-ring (bicyclic) bond motifs is 7. The Balaban J connectivity index is 1.21. The summed E-state index contributed by atoms with van der Waals surface area (Å²) in [6.07, 6.45) is 5.47. The molecule has 0 bridgehead atoms. The molecule has 0 amide bonds. The van der Waals surface area contributed by atoms with Crippen molar-refractivity contribution in [2.24, 2.45) is 0 Å². The zero-order valence-corrected chi connectivity index (χ0v) is 25.3. The highest BCUT2D eigenvalue weighted by molar-refractivity contribution is 6.25. The van der Waals surface area contributed by atoms with Crippen LogP contribution in [0.2, 0.25) is 0 Å². The van der Waals surface area contributed by atoms with Crippen LogP contribution in [0, 0.1) is 0 Å². The Hall–Kier alpha value is -5.92. The van der Waals surface area contributed by atoms with Gasteiger partial charge in [0.2, 0.25) is 0 Å². The van der Waals surface area contributed by atoms with E-state index < -0.39 is 0 Å². The molecule has 0 aliphatic carbocycles. The standard InChI is InChI=1S/C45H30O/c1-2-16-32(17-3-1)43-38-23-9-8-21-35(38)36(39-29-28-31-15-5-7-20-34(31)44(39)43)24-12-18-30-14-4-6-19-33(30)40-25-13-26-41-37-22-10-11-27-42(37)46-45(40)41/h1-17,19-29H,18H2/b24-12+. The Kier molecular flexibility index (Phi) is 6.28. The summed E-state index contributed by atoms with van der Waals surface area (Å²) in [5.74, 6) is 0. The highest BCUT2D eigenvalue weighted by Gasteiger charge is 2.17. The molecule has 1 heteroatoms. The summed E-state index contributed by atoms with van der Waals surface area (Å²) in [5, 5.41) is 9.96. The van der Waals surface area contributed by atoms with Crippen molar-refractivity contribution in [1.29, 1.82) is 0 Å². The minimum Gasteiger partial charge on any atom is -0.455 e. The molecule has 0 aliphatic heterocycles. The summed E-state index contributed by atoms with van der Waals surface area (Å²) in [7, 11) is 0. The van der Waals surface area contributed by atoms with Gasteiger partial charge in [-0.3, -0.25) is 0 Å². The van der Waals surface area contributed by atoms with E-state index in [1.54, 1.807) is 0 Å². The molecular weight excluding hydrogens is 556 g/mol. The fourth-order valence-corrected chi connectivity index (χ4v) is 7.29. The van der Waals surface area contributed by atoms with Crippen LogP contribution in [0.4, 0.5) is 0 Å². The molecule has 8 aromatic carbocycles. The number of furan rings is 1. The molecule has 1 nitrogen and oxygen atoms in total. The lowest BCUT2D eigenvalue weighted by Gasteiger charge is -2.17. The lowest BCUT2D eigenvalue weighted by molar-refractivity contribution is 0.670. The van der Waals surface area contributed by atoms with Crippen molar-refractivity contribution in [1.82, 2.24) is 0 Å². The van der Waals surface area contributed by atoms with Crippen molar-refractivity contribution in [2.75, 3.05) is 0 Å². The third kappa shape index (κ3) is 4.24. The van der Waals surface area contributed by atoms with Crippen molar-refractivity contribution in [3.63, 3.8) is 0 Å². The van der Waals surface area contributed by atoms with E-state index in [1.165, 1.54) is 60.1 Å². The first-order valence-corrected chi connectivity index (χ1v) is 15.9. The Morgan fingerprint density at radius 2 is 1.13 bits per heavy atom. The normalized spacial score (nSPS) is 11.9. The second-order valence-corrected chi connectivity index (χ2v) is 12.0. The van der Waals surface area contributed by atoms with Gasteiger partial charge in [-0.2, -0.15) is 0 Å². The summed E-state index contributed by atoms with van der Waals surface area (Å²) in [6, 6.07) is 56.5. The predicted molar refractivity (Wildman–Crippen MR) is 196 cm³/mol. The minimum absolute atomic E-state index is 0.802. The van der Waals surface area contributed by atoms with Gasteiger partial charge >= 0.3 is 0 Å². The molecule has 0 saturated heterocycles. The topological polar surface area (TPSA) is 13.1 Å². The van der Waals surface area contributed by atoms with E-state index in [2.05, 4.69) is 164 Å². The number of rotatable bonds is 5. The zero-order valence-electron chi connectivity index (χ0n) is 25.3. The van der Waals surface area contributed by atoms with Crippen molar-refractivity contribution in [3.8, 4) is 22.3 Å². The largest absolute Gasteiger partial charge is 0.455 e. The zero-order chi connectivity index (χ0) is 30.5. The smallest absolute Gasteiger partial charge is 0.143 e. The first-order chi connectivity index (χ1) is 22.8. The van der Waals surface area contributed by atoms with Crippen molar-refractivity contribution in [2.45, 2.75) is 6.42 Å². The van der Waals surface area contributed by atoms with Crippen molar-refractivity contribution >= 4 is 60.3 Å². The molecule has 1 heterocycles. The van der Waals surface area contributed by atoms with E-state index in [4.69, 9.17) is 4.42 Å². The molecule has 9 rings (SSSR count). The molecule has 1 aromatic heterocycles. The molecule has 0 aliphatic rings. The first-order valence-electron chi connectivity index (χ1n) is 15.9. The Morgan fingerprint density at radius 1 is 0.457 bits per heavy atom. The minimum atomic E-state index is 0.802.